The fourth-order valence-corrected chi connectivity index (χ4v) is 0.756. The summed E-state index contributed by atoms with van der Waals surface area (Å²) >= 11 is 0. The van der Waals surface area contributed by atoms with E-state index in [1.54, 1.807) is 6.07 Å². The average Bonchev–Trinajstić information content (AvgIpc) is 2.03. The molecule has 5 heteroatoms. The zero-order valence-corrected chi connectivity index (χ0v) is 6.52. The van der Waals surface area contributed by atoms with Crippen molar-refractivity contribution < 1.29 is 14.6 Å². The van der Waals surface area contributed by atoms with Gasteiger partial charge >= 0.3 is 5.97 Å². The van der Waals surface area contributed by atoms with Crippen molar-refractivity contribution in [2.45, 2.75) is 6.42 Å². The number of carboxylic acids is 1. The molecule has 0 saturated carbocycles. The van der Waals surface area contributed by atoms with Crippen molar-refractivity contribution >= 4 is 5.97 Å². The fourth-order valence-electron chi connectivity index (χ4n) is 0.756. The van der Waals surface area contributed by atoms with Gasteiger partial charge in [0, 0.05) is 6.07 Å². The summed E-state index contributed by atoms with van der Waals surface area (Å²) in [5, 5.41) is 15.6. The van der Waals surface area contributed by atoms with Crippen LogP contribution in [0.15, 0.2) is 12.3 Å². The molecule has 0 aliphatic rings. The lowest BCUT2D eigenvalue weighted by Crippen LogP contribution is -2.01. The van der Waals surface area contributed by atoms with Crippen molar-refractivity contribution in [2.75, 3.05) is 7.11 Å². The molecular weight excluding hydrogens is 160 g/mol. The zero-order chi connectivity index (χ0) is 8.97. The Labute approximate surface area is 69.0 Å². The van der Waals surface area contributed by atoms with Crippen LogP contribution in [-0.4, -0.2) is 28.4 Å². The maximum absolute atomic E-state index is 10.3. The average molecular weight is 168 g/mol. The number of aliphatic carboxylic acids is 1. The SMILES string of the molecule is COc1cc(CC(=O)O)cnn1. The van der Waals surface area contributed by atoms with E-state index in [0.717, 1.165) is 0 Å². The molecule has 0 bridgehead atoms. The summed E-state index contributed by atoms with van der Waals surface area (Å²) in [7, 11) is 1.45. The van der Waals surface area contributed by atoms with Crippen molar-refractivity contribution in [1.29, 1.82) is 0 Å². The molecule has 5 nitrogen and oxygen atoms in total. The molecule has 1 aromatic rings. The summed E-state index contributed by atoms with van der Waals surface area (Å²) in [5.41, 5.74) is 0.578. The van der Waals surface area contributed by atoms with E-state index in [4.69, 9.17) is 9.84 Å². The highest BCUT2D eigenvalue weighted by Gasteiger charge is 2.02. The van der Waals surface area contributed by atoms with Crippen LogP contribution in [0.4, 0.5) is 0 Å². The van der Waals surface area contributed by atoms with Gasteiger partial charge < -0.3 is 9.84 Å². The summed E-state index contributed by atoms with van der Waals surface area (Å²) in [6.45, 7) is 0. The molecule has 0 saturated heterocycles. The molecule has 1 heterocycles. The Balaban J connectivity index is 2.79. The molecule has 0 fully saturated rings. The fraction of sp³-hybridized carbons (Fsp3) is 0.286. The van der Waals surface area contributed by atoms with Gasteiger partial charge in [0.2, 0.25) is 5.88 Å². The molecule has 0 aliphatic carbocycles. The van der Waals surface area contributed by atoms with Gasteiger partial charge in [-0.15, -0.1) is 5.10 Å². The number of hydrogen-bond donors (Lipinski definition) is 1. The first-order chi connectivity index (χ1) is 5.72. The highest BCUT2D eigenvalue weighted by atomic mass is 16.5. The van der Waals surface area contributed by atoms with Crippen molar-refractivity contribution in [1.82, 2.24) is 10.2 Å². The smallest absolute Gasteiger partial charge is 0.307 e. The maximum Gasteiger partial charge on any atom is 0.307 e. The number of methoxy groups -OCH3 is 1. The van der Waals surface area contributed by atoms with Crippen LogP contribution in [-0.2, 0) is 11.2 Å². The topological polar surface area (TPSA) is 72.3 Å². The van der Waals surface area contributed by atoms with E-state index in [1.165, 1.54) is 13.3 Å². The van der Waals surface area contributed by atoms with Crippen LogP contribution in [0, 0.1) is 0 Å². The molecule has 1 N–H and O–H groups in total. The molecule has 0 spiro atoms. The van der Waals surface area contributed by atoms with Crippen molar-refractivity contribution in [3.05, 3.63) is 17.8 Å². The van der Waals surface area contributed by atoms with Gasteiger partial charge in [0.1, 0.15) is 0 Å². The number of nitrogens with zero attached hydrogens (tertiary/aromatic N) is 2. The lowest BCUT2D eigenvalue weighted by atomic mass is 10.2. The molecule has 0 unspecified atom stereocenters. The summed E-state index contributed by atoms with van der Waals surface area (Å²) in [6.07, 6.45) is 1.34. The molecule has 0 radical (unpaired) electrons. The lowest BCUT2D eigenvalue weighted by molar-refractivity contribution is -0.136. The van der Waals surface area contributed by atoms with E-state index in [0.29, 0.717) is 11.4 Å². The van der Waals surface area contributed by atoms with Gasteiger partial charge in [-0.25, -0.2) is 0 Å². The Hall–Kier alpha value is -1.65. The Kier molecular flexibility index (Phi) is 2.57. The first-order valence-corrected chi connectivity index (χ1v) is 3.30. The predicted molar refractivity (Wildman–Crippen MR) is 39.9 cm³/mol. The monoisotopic (exact) mass is 168 g/mol. The number of aromatic nitrogens is 2. The van der Waals surface area contributed by atoms with E-state index in [2.05, 4.69) is 10.2 Å². The van der Waals surface area contributed by atoms with Crippen LogP contribution in [0.2, 0.25) is 0 Å². The second-order valence-electron chi connectivity index (χ2n) is 2.18. The van der Waals surface area contributed by atoms with Crippen LogP contribution in [0.3, 0.4) is 0 Å². The Morgan fingerprint density at radius 3 is 3.08 bits per heavy atom. The second kappa shape index (κ2) is 3.66. The number of ether oxygens (including phenoxy) is 1. The van der Waals surface area contributed by atoms with Gasteiger partial charge in [-0.05, 0) is 5.56 Å². The lowest BCUT2D eigenvalue weighted by Gasteiger charge is -1.98. The summed E-state index contributed by atoms with van der Waals surface area (Å²) < 4.78 is 4.77. The first kappa shape index (κ1) is 8.45. The minimum absolute atomic E-state index is 0.0636. The standard InChI is InChI=1S/C7H8N2O3/c1-12-6-2-5(3-7(10)11)4-8-9-6/h2,4H,3H2,1H3,(H,10,11). The quantitative estimate of drug-likeness (QED) is 0.693. The summed E-state index contributed by atoms with van der Waals surface area (Å²) in [4.78, 5) is 10.3. The summed E-state index contributed by atoms with van der Waals surface area (Å²) in [5.74, 6) is -0.571. The highest BCUT2D eigenvalue weighted by Crippen LogP contribution is 2.06. The number of carboxylic acid groups (broad SMARTS) is 1. The third-order valence-electron chi connectivity index (χ3n) is 1.25. The summed E-state index contributed by atoms with van der Waals surface area (Å²) in [6, 6.07) is 1.54. The molecule has 0 atom stereocenters. The van der Waals surface area contributed by atoms with Gasteiger partial charge in [0.25, 0.3) is 0 Å². The third kappa shape index (κ3) is 2.19. The van der Waals surface area contributed by atoms with Crippen molar-refractivity contribution in [2.24, 2.45) is 0 Å². The van der Waals surface area contributed by atoms with E-state index in [-0.39, 0.29) is 6.42 Å². The third-order valence-corrected chi connectivity index (χ3v) is 1.25. The first-order valence-electron chi connectivity index (χ1n) is 3.30. The molecule has 64 valence electrons. The van der Waals surface area contributed by atoms with Crippen molar-refractivity contribution in [3.63, 3.8) is 0 Å². The van der Waals surface area contributed by atoms with Crippen LogP contribution < -0.4 is 4.74 Å². The van der Waals surface area contributed by atoms with E-state index in [9.17, 15) is 4.79 Å². The number of carbonyl (C=O) groups is 1. The molecule has 0 aliphatic heterocycles. The predicted octanol–water partition coefficient (Wildman–Crippen LogP) is 0.112. The largest absolute Gasteiger partial charge is 0.481 e. The minimum Gasteiger partial charge on any atom is -0.481 e. The molecule has 12 heavy (non-hydrogen) atoms. The maximum atomic E-state index is 10.3. The number of hydrogen-bond acceptors (Lipinski definition) is 4. The van der Waals surface area contributed by atoms with Crippen molar-refractivity contribution in [3.8, 4) is 5.88 Å². The number of rotatable bonds is 3. The molecule has 1 rings (SSSR count). The van der Waals surface area contributed by atoms with Crippen LogP contribution in [0.25, 0.3) is 0 Å². The molecular formula is C7H8N2O3. The Morgan fingerprint density at radius 2 is 2.50 bits per heavy atom. The van der Waals surface area contributed by atoms with Gasteiger partial charge in [0.15, 0.2) is 0 Å². The van der Waals surface area contributed by atoms with Gasteiger partial charge in [-0.2, -0.15) is 5.10 Å². The van der Waals surface area contributed by atoms with E-state index >= 15 is 0 Å². The second-order valence-corrected chi connectivity index (χ2v) is 2.18. The van der Waals surface area contributed by atoms with Gasteiger partial charge in [0.05, 0.1) is 19.7 Å². The molecule has 1 aromatic heterocycles. The van der Waals surface area contributed by atoms with Gasteiger partial charge in [-0.3, -0.25) is 4.79 Å². The molecule has 0 amide bonds. The van der Waals surface area contributed by atoms with Crippen LogP contribution >= 0.6 is 0 Å². The van der Waals surface area contributed by atoms with Crippen LogP contribution in [0.1, 0.15) is 5.56 Å². The van der Waals surface area contributed by atoms with Crippen LogP contribution in [0.5, 0.6) is 5.88 Å². The normalized spacial score (nSPS) is 9.42. The van der Waals surface area contributed by atoms with Gasteiger partial charge in [-0.1, -0.05) is 0 Å². The Bertz CT molecular complexity index is 288. The Morgan fingerprint density at radius 1 is 1.75 bits per heavy atom. The zero-order valence-electron chi connectivity index (χ0n) is 6.52. The van der Waals surface area contributed by atoms with E-state index in [1.807, 2.05) is 0 Å². The molecule has 0 aromatic carbocycles. The highest BCUT2D eigenvalue weighted by molar-refractivity contribution is 5.70. The minimum atomic E-state index is -0.898. The van der Waals surface area contributed by atoms with E-state index < -0.39 is 5.97 Å².